The van der Waals surface area contributed by atoms with Gasteiger partial charge in [-0.25, -0.2) is 4.79 Å². The number of rotatable bonds is 5. The van der Waals surface area contributed by atoms with Gasteiger partial charge in [0, 0.05) is 12.8 Å². The highest BCUT2D eigenvalue weighted by molar-refractivity contribution is 7.98. The number of carboxylic acids is 1. The van der Waals surface area contributed by atoms with Crippen molar-refractivity contribution in [3.8, 4) is 11.6 Å². The van der Waals surface area contributed by atoms with E-state index in [4.69, 9.17) is 9.52 Å². The number of nitrogens with zero attached hydrogens (tertiary/aromatic N) is 3. The first-order valence-corrected chi connectivity index (χ1v) is 7.52. The second-order valence-electron chi connectivity index (χ2n) is 4.63. The second kappa shape index (κ2) is 6.07. The standard InChI is InChI=1S/C15H13N3O3S/c1-18-13(12-3-2-8-21-12)16-17-15(18)22-9-10-4-6-11(7-5-10)14(19)20/h2-8H,9H2,1H3,(H,19,20). The number of aromatic carboxylic acids is 1. The molecule has 0 aliphatic heterocycles. The maximum absolute atomic E-state index is 10.8. The molecule has 22 heavy (non-hydrogen) atoms. The summed E-state index contributed by atoms with van der Waals surface area (Å²) in [4.78, 5) is 10.8. The Morgan fingerprint density at radius 2 is 2.05 bits per heavy atom. The van der Waals surface area contributed by atoms with Gasteiger partial charge >= 0.3 is 5.97 Å². The summed E-state index contributed by atoms with van der Waals surface area (Å²) in [7, 11) is 1.88. The molecule has 0 fully saturated rings. The SMILES string of the molecule is Cn1c(SCc2ccc(C(=O)O)cc2)nnc1-c1ccco1. The van der Waals surface area contributed by atoms with Gasteiger partial charge in [0.25, 0.3) is 0 Å². The summed E-state index contributed by atoms with van der Waals surface area (Å²) < 4.78 is 7.19. The summed E-state index contributed by atoms with van der Waals surface area (Å²) >= 11 is 1.53. The predicted octanol–water partition coefficient (Wildman–Crippen LogP) is 3.07. The monoisotopic (exact) mass is 315 g/mol. The zero-order valence-corrected chi connectivity index (χ0v) is 12.6. The molecule has 0 radical (unpaired) electrons. The van der Waals surface area contributed by atoms with Crippen LogP contribution in [0.15, 0.2) is 52.2 Å². The van der Waals surface area contributed by atoms with Gasteiger partial charge in [0.05, 0.1) is 11.8 Å². The Kier molecular flexibility index (Phi) is 3.97. The first kappa shape index (κ1) is 14.4. The van der Waals surface area contributed by atoms with Crippen LogP contribution in [-0.4, -0.2) is 25.8 Å². The molecule has 0 aliphatic carbocycles. The third kappa shape index (κ3) is 2.89. The predicted molar refractivity (Wildman–Crippen MR) is 81.7 cm³/mol. The van der Waals surface area contributed by atoms with Crippen LogP contribution in [0.2, 0.25) is 0 Å². The van der Waals surface area contributed by atoms with E-state index in [9.17, 15) is 4.79 Å². The van der Waals surface area contributed by atoms with Crippen molar-refractivity contribution in [3.05, 3.63) is 53.8 Å². The number of thioether (sulfide) groups is 1. The van der Waals surface area contributed by atoms with Crippen LogP contribution in [0.4, 0.5) is 0 Å². The van der Waals surface area contributed by atoms with Gasteiger partial charge in [-0.05, 0) is 29.8 Å². The van der Waals surface area contributed by atoms with Gasteiger partial charge in [-0.1, -0.05) is 23.9 Å². The van der Waals surface area contributed by atoms with E-state index in [1.807, 2.05) is 17.7 Å². The Labute approximate surface area is 130 Å². The highest BCUT2D eigenvalue weighted by atomic mass is 32.2. The molecule has 2 heterocycles. The van der Waals surface area contributed by atoms with Crippen LogP contribution in [0.25, 0.3) is 11.6 Å². The third-order valence-electron chi connectivity index (χ3n) is 3.15. The highest BCUT2D eigenvalue weighted by Gasteiger charge is 2.13. The Bertz CT molecular complexity index is 779. The van der Waals surface area contributed by atoms with Gasteiger partial charge in [0.15, 0.2) is 16.7 Å². The van der Waals surface area contributed by atoms with E-state index in [2.05, 4.69) is 10.2 Å². The molecule has 0 bridgehead atoms. The molecule has 0 atom stereocenters. The van der Waals surface area contributed by atoms with Crippen molar-refractivity contribution in [1.82, 2.24) is 14.8 Å². The number of benzene rings is 1. The van der Waals surface area contributed by atoms with Crippen LogP contribution < -0.4 is 0 Å². The Balaban J connectivity index is 1.70. The molecule has 0 amide bonds. The lowest BCUT2D eigenvalue weighted by molar-refractivity contribution is 0.0697. The number of furan rings is 1. The van der Waals surface area contributed by atoms with Gasteiger partial charge in [0.1, 0.15) is 0 Å². The Morgan fingerprint density at radius 3 is 2.68 bits per heavy atom. The minimum Gasteiger partial charge on any atom is -0.478 e. The molecule has 0 spiro atoms. The van der Waals surface area contributed by atoms with Crippen molar-refractivity contribution in [2.45, 2.75) is 10.9 Å². The largest absolute Gasteiger partial charge is 0.478 e. The minimum atomic E-state index is -0.921. The molecule has 0 saturated carbocycles. The van der Waals surface area contributed by atoms with Crippen molar-refractivity contribution in [2.24, 2.45) is 7.05 Å². The van der Waals surface area contributed by atoms with Gasteiger partial charge < -0.3 is 14.1 Å². The van der Waals surface area contributed by atoms with Gasteiger partial charge in [-0.3, -0.25) is 0 Å². The summed E-state index contributed by atoms with van der Waals surface area (Å²) in [6.45, 7) is 0. The average Bonchev–Trinajstić information content (AvgIpc) is 3.15. The average molecular weight is 315 g/mol. The molecular formula is C15H13N3O3S. The van der Waals surface area contributed by atoms with Gasteiger partial charge in [0.2, 0.25) is 0 Å². The van der Waals surface area contributed by atoms with Crippen molar-refractivity contribution in [2.75, 3.05) is 0 Å². The van der Waals surface area contributed by atoms with Crippen molar-refractivity contribution < 1.29 is 14.3 Å². The van der Waals surface area contributed by atoms with Gasteiger partial charge in [-0.2, -0.15) is 0 Å². The summed E-state index contributed by atoms with van der Waals surface area (Å²) in [6.07, 6.45) is 1.60. The minimum absolute atomic E-state index is 0.285. The zero-order chi connectivity index (χ0) is 15.5. The van der Waals surface area contributed by atoms with E-state index in [-0.39, 0.29) is 5.56 Å². The van der Waals surface area contributed by atoms with Crippen LogP contribution in [-0.2, 0) is 12.8 Å². The summed E-state index contributed by atoms with van der Waals surface area (Å²) in [5.74, 6) is 1.11. The first-order chi connectivity index (χ1) is 10.6. The van der Waals surface area contributed by atoms with Crippen molar-refractivity contribution in [3.63, 3.8) is 0 Å². The molecule has 0 aliphatic rings. The third-order valence-corrected chi connectivity index (χ3v) is 4.24. The molecule has 2 aromatic heterocycles. The lowest BCUT2D eigenvalue weighted by atomic mass is 10.1. The molecule has 0 unspecified atom stereocenters. The van der Waals surface area contributed by atoms with E-state index in [1.54, 1.807) is 36.6 Å². The maximum atomic E-state index is 10.8. The van der Waals surface area contributed by atoms with E-state index >= 15 is 0 Å². The fourth-order valence-corrected chi connectivity index (χ4v) is 2.82. The molecule has 1 N–H and O–H groups in total. The van der Waals surface area contributed by atoms with E-state index in [0.29, 0.717) is 17.3 Å². The number of hydrogen-bond donors (Lipinski definition) is 1. The Hall–Kier alpha value is -2.54. The molecule has 112 valence electrons. The molecule has 6 nitrogen and oxygen atoms in total. The lowest BCUT2D eigenvalue weighted by Gasteiger charge is -2.03. The molecule has 3 aromatic rings. The Morgan fingerprint density at radius 1 is 1.27 bits per heavy atom. The normalized spacial score (nSPS) is 10.8. The number of hydrogen-bond acceptors (Lipinski definition) is 5. The number of aromatic nitrogens is 3. The molecule has 7 heteroatoms. The topological polar surface area (TPSA) is 81.2 Å². The summed E-state index contributed by atoms with van der Waals surface area (Å²) in [5, 5.41) is 17.9. The summed E-state index contributed by atoms with van der Waals surface area (Å²) in [5.41, 5.74) is 1.31. The van der Waals surface area contributed by atoms with Crippen molar-refractivity contribution >= 4 is 17.7 Å². The molecule has 0 saturated heterocycles. The fraction of sp³-hybridized carbons (Fsp3) is 0.133. The molecule has 1 aromatic carbocycles. The lowest BCUT2D eigenvalue weighted by Crippen LogP contribution is -1.96. The number of carboxylic acid groups (broad SMARTS) is 1. The van der Waals surface area contributed by atoms with Crippen LogP contribution in [0.1, 0.15) is 15.9 Å². The highest BCUT2D eigenvalue weighted by Crippen LogP contribution is 2.25. The van der Waals surface area contributed by atoms with E-state index in [1.165, 1.54) is 11.8 Å². The first-order valence-electron chi connectivity index (χ1n) is 6.53. The van der Waals surface area contributed by atoms with Crippen LogP contribution >= 0.6 is 11.8 Å². The van der Waals surface area contributed by atoms with Crippen LogP contribution in [0.3, 0.4) is 0 Å². The molecule has 3 rings (SSSR count). The maximum Gasteiger partial charge on any atom is 0.335 e. The quantitative estimate of drug-likeness (QED) is 0.729. The molecular weight excluding hydrogens is 302 g/mol. The van der Waals surface area contributed by atoms with E-state index in [0.717, 1.165) is 10.7 Å². The zero-order valence-electron chi connectivity index (χ0n) is 11.8. The summed E-state index contributed by atoms with van der Waals surface area (Å²) in [6, 6.07) is 10.5. The van der Waals surface area contributed by atoms with Gasteiger partial charge in [-0.15, -0.1) is 10.2 Å². The van der Waals surface area contributed by atoms with Crippen LogP contribution in [0, 0.1) is 0 Å². The van der Waals surface area contributed by atoms with E-state index < -0.39 is 5.97 Å². The fourth-order valence-electron chi connectivity index (χ4n) is 1.95. The number of carbonyl (C=O) groups is 1. The second-order valence-corrected chi connectivity index (χ2v) is 5.58. The van der Waals surface area contributed by atoms with Crippen molar-refractivity contribution in [1.29, 1.82) is 0 Å². The smallest absolute Gasteiger partial charge is 0.335 e. The van der Waals surface area contributed by atoms with Crippen LogP contribution in [0.5, 0.6) is 0 Å².